The standard InChI is InChI=1S/C27H29FN6O3/c1-15-5-8-24-31-32-25(34(15)24)22-3-2-4-23(29-22)30-26(36)20-12-18-14-33(10-9-16(18)13-21(20)28)27(37)17-6-7-19(35)11-17/h2-4,12-13,15,17,19,35H,5-11,14H2,1H3,(H,29,30,36)/t15-,17?,19+/m0/s1. The average Bonchev–Trinajstić information content (AvgIpc) is 3.61. The van der Waals surface area contributed by atoms with Gasteiger partial charge in [0.25, 0.3) is 5.91 Å². The summed E-state index contributed by atoms with van der Waals surface area (Å²) in [5.41, 5.74) is 2.06. The van der Waals surface area contributed by atoms with Crippen LogP contribution < -0.4 is 5.32 Å². The molecule has 1 aliphatic carbocycles. The Labute approximate surface area is 213 Å². The smallest absolute Gasteiger partial charge is 0.259 e. The molecular formula is C27H29FN6O3. The van der Waals surface area contributed by atoms with Gasteiger partial charge in [0, 0.05) is 31.5 Å². The van der Waals surface area contributed by atoms with Crippen molar-refractivity contribution in [2.45, 2.75) is 64.1 Å². The van der Waals surface area contributed by atoms with Gasteiger partial charge in [-0.25, -0.2) is 9.37 Å². The van der Waals surface area contributed by atoms with Crippen molar-refractivity contribution < 1.29 is 19.1 Å². The van der Waals surface area contributed by atoms with Crippen LogP contribution in [0, 0.1) is 11.7 Å². The second kappa shape index (κ2) is 9.33. The van der Waals surface area contributed by atoms with Gasteiger partial charge >= 0.3 is 0 Å². The van der Waals surface area contributed by atoms with Crippen molar-refractivity contribution in [3.05, 3.63) is 58.7 Å². The molecule has 10 heteroatoms. The van der Waals surface area contributed by atoms with Gasteiger partial charge in [-0.3, -0.25) is 9.59 Å². The first kappa shape index (κ1) is 23.7. The topological polar surface area (TPSA) is 113 Å². The van der Waals surface area contributed by atoms with Crippen LogP contribution in [-0.4, -0.2) is 54.2 Å². The number of rotatable bonds is 4. The number of carbonyl (C=O) groups excluding carboxylic acids is 2. The first-order valence-electron chi connectivity index (χ1n) is 12.9. The number of benzene rings is 1. The van der Waals surface area contributed by atoms with Gasteiger partial charge in [0.1, 0.15) is 23.2 Å². The maximum Gasteiger partial charge on any atom is 0.259 e. The van der Waals surface area contributed by atoms with Crippen LogP contribution in [0.25, 0.3) is 11.5 Å². The monoisotopic (exact) mass is 504 g/mol. The lowest BCUT2D eigenvalue weighted by Gasteiger charge is -2.31. The summed E-state index contributed by atoms with van der Waals surface area (Å²) < 4.78 is 17.0. The number of carbonyl (C=O) groups is 2. The molecule has 6 rings (SSSR count). The summed E-state index contributed by atoms with van der Waals surface area (Å²) in [4.78, 5) is 32.3. The van der Waals surface area contributed by atoms with Crippen LogP contribution in [0.3, 0.4) is 0 Å². The molecule has 3 aliphatic rings. The number of aryl methyl sites for hydroxylation is 1. The molecule has 1 saturated carbocycles. The Kier molecular flexibility index (Phi) is 5.98. The lowest BCUT2D eigenvalue weighted by Crippen LogP contribution is -2.39. The van der Waals surface area contributed by atoms with Gasteiger partial charge in [0.05, 0.1) is 11.7 Å². The van der Waals surface area contributed by atoms with Crippen LogP contribution in [0.2, 0.25) is 0 Å². The lowest BCUT2D eigenvalue weighted by molar-refractivity contribution is -0.136. The number of nitrogens with zero attached hydrogens (tertiary/aromatic N) is 5. The van der Waals surface area contributed by atoms with E-state index in [-0.39, 0.29) is 23.4 Å². The third-order valence-electron chi connectivity index (χ3n) is 7.82. The predicted molar refractivity (Wildman–Crippen MR) is 133 cm³/mol. The molecule has 192 valence electrons. The van der Waals surface area contributed by atoms with Crippen molar-refractivity contribution in [2.75, 3.05) is 11.9 Å². The van der Waals surface area contributed by atoms with E-state index in [0.29, 0.717) is 56.1 Å². The maximum atomic E-state index is 15.0. The van der Waals surface area contributed by atoms with E-state index in [9.17, 15) is 19.1 Å². The highest BCUT2D eigenvalue weighted by Gasteiger charge is 2.33. The number of aromatic nitrogens is 4. The Hall–Kier alpha value is -3.66. The van der Waals surface area contributed by atoms with Crippen LogP contribution in [-0.2, 0) is 24.2 Å². The minimum absolute atomic E-state index is 0.0211. The quantitative estimate of drug-likeness (QED) is 0.564. The number of hydrogen-bond acceptors (Lipinski definition) is 6. The van der Waals surface area contributed by atoms with Crippen molar-refractivity contribution in [2.24, 2.45) is 5.92 Å². The van der Waals surface area contributed by atoms with Crippen LogP contribution in [0.4, 0.5) is 10.2 Å². The van der Waals surface area contributed by atoms with Gasteiger partial charge in [-0.2, -0.15) is 0 Å². The van der Waals surface area contributed by atoms with Gasteiger partial charge in [-0.05, 0) is 74.4 Å². The van der Waals surface area contributed by atoms with E-state index in [0.717, 1.165) is 29.8 Å². The Bertz CT molecular complexity index is 1390. The molecule has 1 unspecified atom stereocenters. The van der Waals surface area contributed by atoms with Crippen LogP contribution >= 0.6 is 0 Å². The molecule has 0 bridgehead atoms. The zero-order chi connectivity index (χ0) is 25.7. The maximum absolute atomic E-state index is 15.0. The largest absolute Gasteiger partial charge is 0.393 e. The zero-order valence-corrected chi connectivity index (χ0v) is 20.7. The second-order valence-electron chi connectivity index (χ2n) is 10.3. The van der Waals surface area contributed by atoms with Crippen LogP contribution in [0.1, 0.15) is 66.0 Å². The zero-order valence-electron chi connectivity index (χ0n) is 20.7. The number of amides is 2. The molecule has 3 aromatic rings. The summed E-state index contributed by atoms with van der Waals surface area (Å²) >= 11 is 0. The SMILES string of the molecule is C[C@H]1CCc2nnc(-c3cccc(NC(=O)c4cc5c(cc4F)CCN(C(=O)C4CC[C@@H](O)C4)C5)n3)n21. The number of anilines is 1. The summed E-state index contributed by atoms with van der Waals surface area (Å²) in [6.45, 7) is 2.94. The third kappa shape index (κ3) is 4.39. The molecule has 3 atom stereocenters. The molecule has 0 spiro atoms. The van der Waals surface area contributed by atoms with Gasteiger partial charge in [0.15, 0.2) is 5.82 Å². The number of halogens is 1. The molecule has 0 saturated heterocycles. The summed E-state index contributed by atoms with van der Waals surface area (Å²) in [6.07, 6.45) is 3.79. The van der Waals surface area contributed by atoms with E-state index in [2.05, 4.69) is 32.0 Å². The summed E-state index contributed by atoms with van der Waals surface area (Å²) in [7, 11) is 0. The third-order valence-corrected chi connectivity index (χ3v) is 7.82. The molecule has 2 aromatic heterocycles. The van der Waals surface area contributed by atoms with Crippen molar-refractivity contribution >= 4 is 17.6 Å². The van der Waals surface area contributed by atoms with Gasteiger partial charge in [-0.15, -0.1) is 10.2 Å². The van der Waals surface area contributed by atoms with Gasteiger partial charge in [0.2, 0.25) is 5.91 Å². The number of hydrogen-bond donors (Lipinski definition) is 2. The number of aliphatic hydroxyl groups is 1. The molecule has 0 radical (unpaired) electrons. The fraction of sp³-hybridized carbons (Fsp3) is 0.444. The van der Waals surface area contributed by atoms with E-state index in [1.54, 1.807) is 23.1 Å². The van der Waals surface area contributed by atoms with Crippen molar-refractivity contribution in [3.63, 3.8) is 0 Å². The molecule has 2 amide bonds. The highest BCUT2D eigenvalue weighted by atomic mass is 19.1. The van der Waals surface area contributed by atoms with Crippen molar-refractivity contribution in [1.82, 2.24) is 24.6 Å². The van der Waals surface area contributed by atoms with E-state index >= 15 is 0 Å². The fourth-order valence-electron chi connectivity index (χ4n) is 5.79. The molecule has 4 heterocycles. The Morgan fingerprint density at radius 1 is 1.11 bits per heavy atom. The van der Waals surface area contributed by atoms with Crippen molar-refractivity contribution in [1.29, 1.82) is 0 Å². The Morgan fingerprint density at radius 3 is 2.78 bits per heavy atom. The molecule has 37 heavy (non-hydrogen) atoms. The molecule has 1 aromatic carbocycles. The Balaban J connectivity index is 1.20. The van der Waals surface area contributed by atoms with Crippen LogP contribution in [0.15, 0.2) is 30.3 Å². The normalized spacial score (nSPS) is 22.6. The first-order chi connectivity index (χ1) is 17.9. The molecule has 1 fully saturated rings. The van der Waals surface area contributed by atoms with Crippen molar-refractivity contribution in [3.8, 4) is 11.5 Å². The molecule has 9 nitrogen and oxygen atoms in total. The minimum Gasteiger partial charge on any atom is -0.393 e. The minimum atomic E-state index is -0.604. The Morgan fingerprint density at radius 2 is 1.97 bits per heavy atom. The average molecular weight is 505 g/mol. The van der Waals surface area contributed by atoms with Gasteiger partial charge in [-0.1, -0.05) is 6.07 Å². The van der Waals surface area contributed by atoms with E-state index < -0.39 is 17.8 Å². The number of fused-ring (bicyclic) bond motifs is 2. The first-order valence-corrected chi connectivity index (χ1v) is 12.9. The van der Waals surface area contributed by atoms with E-state index in [1.807, 2.05) is 6.07 Å². The summed E-state index contributed by atoms with van der Waals surface area (Å²) in [6, 6.07) is 8.45. The van der Waals surface area contributed by atoms with Crippen LogP contribution in [0.5, 0.6) is 0 Å². The summed E-state index contributed by atoms with van der Waals surface area (Å²) in [5.74, 6) is 0.504. The highest BCUT2D eigenvalue weighted by molar-refractivity contribution is 6.04. The van der Waals surface area contributed by atoms with E-state index in [4.69, 9.17) is 0 Å². The second-order valence-corrected chi connectivity index (χ2v) is 10.3. The fourth-order valence-corrected chi connectivity index (χ4v) is 5.79. The lowest BCUT2D eigenvalue weighted by atomic mass is 9.95. The van der Waals surface area contributed by atoms with Gasteiger partial charge < -0.3 is 19.9 Å². The molecular weight excluding hydrogens is 475 g/mol. The number of pyridine rings is 1. The van der Waals surface area contributed by atoms with E-state index in [1.165, 1.54) is 6.07 Å². The summed E-state index contributed by atoms with van der Waals surface area (Å²) in [5, 5.41) is 21.1. The predicted octanol–water partition coefficient (Wildman–Crippen LogP) is 3.28. The number of nitrogens with one attached hydrogen (secondary N) is 1. The number of aliphatic hydroxyl groups excluding tert-OH is 1. The molecule has 2 aliphatic heterocycles. The molecule has 2 N–H and O–H groups in total. The highest BCUT2D eigenvalue weighted by Crippen LogP contribution is 2.32.